The molecule has 0 fully saturated rings. The lowest BCUT2D eigenvalue weighted by molar-refractivity contribution is -0.145. The molecule has 1 heterocycles. The molecule has 0 aliphatic rings. The summed E-state index contributed by atoms with van der Waals surface area (Å²) < 4.78 is 5.20. The Morgan fingerprint density at radius 3 is 2.83 bits per heavy atom. The molecular weight excluding hydrogens is 314 g/mol. The van der Waals surface area contributed by atoms with Crippen molar-refractivity contribution in [3.63, 3.8) is 0 Å². The Morgan fingerprint density at radius 1 is 1.35 bits per heavy atom. The number of nitriles is 1. The minimum atomic E-state index is -0.696. The number of carbonyl (C=O) groups excluding carboxylic acids is 2. The Kier molecular flexibility index (Phi) is 5.72. The van der Waals surface area contributed by atoms with Crippen LogP contribution in [0.15, 0.2) is 41.8 Å². The van der Waals surface area contributed by atoms with Crippen molar-refractivity contribution >= 4 is 23.3 Å². The molecule has 6 nitrogen and oxygen atoms in total. The van der Waals surface area contributed by atoms with E-state index in [9.17, 15) is 9.59 Å². The average Bonchev–Trinajstić information content (AvgIpc) is 3.06. The van der Waals surface area contributed by atoms with Crippen LogP contribution in [-0.2, 0) is 16.1 Å². The highest BCUT2D eigenvalue weighted by Crippen LogP contribution is 2.22. The van der Waals surface area contributed by atoms with Gasteiger partial charge in [0.25, 0.3) is 0 Å². The van der Waals surface area contributed by atoms with E-state index in [4.69, 9.17) is 15.7 Å². The molecule has 118 valence electrons. The molecule has 2 rings (SSSR count). The van der Waals surface area contributed by atoms with Crippen LogP contribution in [0.1, 0.15) is 28.5 Å². The van der Waals surface area contributed by atoms with Gasteiger partial charge in [-0.25, -0.2) is 4.79 Å². The van der Waals surface area contributed by atoms with E-state index in [-0.39, 0.29) is 13.0 Å². The van der Waals surface area contributed by atoms with Crippen LogP contribution in [0.3, 0.4) is 0 Å². The molecule has 0 bridgehead atoms. The summed E-state index contributed by atoms with van der Waals surface area (Å²) in [6, 6.07) is 11.3. The molecule has 1 atom stereocenters. The molecule has 0 spiro atoms. The van der Waals surface area contributed by atoms with Crippen LogP contribution in [-0.4, -0.2) is 12.0 Å². The van der Waals surface area contributed by atoms with Crippen LogP contribution in [0.2, 0.25) is 0 Å². The van der Waals surface area contributed by atoms with Crippen LogP contribution in [0, 0.1) is 11.3 Å². The largest absolute Gasteiger partial charge is 0.461 e. The molecule has 0 aliphatic carbocycles. The van der Waals surface area contributed by atoms with Crippen molar-refractivity contribution in [3.05, 3.63) is 57.8 Å². The maximum atomic E-state index is 12.0. The monoisotopic (exact) mass is 329 g/mol. The first kappa shape index (κ1) is 16.5. The van der Waals surface area contributed by atoms with Crippen molar-refractivity contribution in [1.82, 2.24) is 5.32 Å². The van der Waals surface area contributed by atoms with Crippen molar-refractivity contribution in [2.45, 2.75) is 19.1 Å². The number of ether oxygens (including phenoxy) is 1. The predicted octanol–water partition coefficient (Wildman–Crippen LogP) is 2.46. The molecule has 0 saturated heterocycles. The number of carbonyl (C=O) groups is 2. The summed E-state index contributed by atoms with van der Waals surface area (Å²) >= 11 is 1.42. The fraction of sp³-hybridized carbons (Fsp3) is 0.188. The summed E-state index contributed by atoms with van der Waals surface area (Å²) in [7, 11) is 0. The number of nitrogens with zero attached hydrogens (tertiary/aromatic N) is 1. The average molecular weight is 329 g/mol. The maximum absolute atomic E-state index is 12.0. The minimum Gasteiger partial charge on any atom is -0.461 e. The Hall–Kier alpha value is -2.85. The van der Waals surface area contributed by atoms with E-state index in [0.29, 0.717) is 5.56 Å². The zero-order valence-electron chi connectivity index (χ0n) is 12.2. The van der Waals surface area contributed by atoms with Gasteiger partial charge in [0.15, 0.2) is 0 Å². The van der Waals surface area contributed by atoms with E-state index in [0.717, 1.165) is 10.4 Å². The van der Waals surface area contributed by atoms with Crippen molar-refractivity contribution in [3.8, 4) is 6.07 Å². The van der Waals surface area contributed by atoms with Crippen LogP contribution in [0.5, 0.6) is 0 Å². The van der Waals surface area contributed by atoms with Crippen molar-refractivity contribution in [2.75, 3.05) is 0 Å². The summed E-state index contributed by atoms with van der Waals surface area (Å²) in [5.41, 5.74) is 6.38. The molecule has 0 radical (unpaired) electrons. The van der Waals surface area contributed by atoms with Crippen LogP contribution < -0.4 is 11.1 Å². The number of benzene rings is 1. The first-order valence-electron chi connectivity index (χ1n) is 6.82. The zero-order chi connectivity index (χ0) is 16.7. The van der Waals surface area contributed by atoms with Gasteiger partial charge in [-0.1, -0.05) is 18.2 Å². The van der Waals surface area contributed by atoms with Gasteiger partial charge in [0.1, 0.15) is 6.61 Å². The number of amides is 2. The number of rotatable bonds is 6. The second-order valence-electron chi connectivity index (χ2n) is 4.75. The second-order valence-corrected chi connectivity index (χ2v) is 5.73. The van der Waals surface area contributed by atoms with Crippen molar-refractivity contribution < 1.29 is 14.3 Å². The highest BCUT2D eigenvalue weighted by Gasteiger charge is 2.19. The van der Waals surface area contributed by atoms with Gasteiger partial charge < -0.3 is 15.8 Å². The predicted molar refractivity (Wildman–Crippen MR) is 85.3 cm³/mol. The minimum absolute atomic E-state index is 0.0125. The molecule has 7 heteroatoms. The van der Waals surface area contributed by atoms with Gasteiger partial charge in [0, 0.05) is 4.88 Å². The molecule has 23 heavy (non-hydrogen) atoms. The third-order valence-electron chi connectivity index (χ3n) is 3.03. The Bertz CT molecular complexity index is 722. The fourth-order valence-electron chi connectivity index (χ4n) is 2.00. The molecule has 0 unspecified atom stereocenters. The third-order valence-corrected chi connectivity index (χ3v) is 4.02. The fourth-order valence-corrected chi connectivity index (χ4v) is 2.78. The number of esters is 1. The molecule has 0 saturated carbocycles. The number of hydrogen-bond acceptors (Lipinski definition) is 5. The Labute approximate surface area is 137 Å². The van der Waals surface area contributed by atoms with Gasteiger partial charge in [-0.05, 0) is 29.1 Å². The summed E-state index contributed by atoms with van der Waals surface area (Å²) in [5.74, 6) is -0.459. The zero-order valence-corrected chi connectivity index (χ0v) is 13.0. The van der Waals surface area contributed by atoms with E-state index in [1.807, 2.05) is 23.6 Å². The Morgan fingerprint density at radius 2 is 2.17 bits per heavy atom. The lowest BCUT2D eigenvalue weighted by Gasteiger charge is -2.15. The van der Waals surface area contributed by atoms with E-state index in [1.54, 1.807) is 24.3 Å². The number of primary amides is 1. The molecule has 1 aromatic carbocycles. The molecule has 0 aliphatic heterocycles. The SMILES string of the molecule is N#Cc1cccc(COC(=O)C[C@@H](NC(N)=O)c2cccs2)c1. The Balaban J connectivity index is 1.94. The van der Waals surface area contributed by atoms with Crippen molar-refractivity contribution in [2.24, 2.45) is 5.73 Å². The number of hydrogen-bond donors (Lipinski definition) is 2. The number of urea groups is 1. The number of nitrogens with one attached hydrogen (secondary N) is 1. The highest BCUT2D eigenvalue weighted by molar-refractivity contribution is 7.10. The van der Waals surface area contributed by atoms with Gasteiger partial charge in [-0.3, -0.25) is 4.79 Å². The second kappa shape index (κ2) is 7.96. The summed E-state index contributed by atoms with van der Waals surface area (Å²) in [6.07, 6.45) is -0.0125. The summed E-state index contributed by atoms with van der Waals surface area (Å²) in [6.45, 7) is 0.0715. The lowest BCUT2D eigenvalue weighted by atomic mass is 10.1. The lowest BCUT2D eigenvalue weighted by Crippen LogP contribution is -2.34. The molecular formula is C16H15N3O3S. The maximum Gasteiger partial charge on any atom is 0.312 e. The van der Waals surface area contributed by atoms with E-state index < -0.39 is 18.0 Å². The summed E-state index contributed by atoms with van der Waals surface area (Å²) in [5, 5.41) is 13.2. The first-order valence-corrected chi connectivity index (χ1v) is 7.70. The van der Waals surface area contributed by atoms with Gasteiger partial charge in [-0.15, -0.1) is 11.3 Å². The first-order chi connectivity index (χ1) is 11.1. The smallest absolute Gasteiger partial charge is 0.312 e. The quantitative estimate of drug-likeness (QED) is 0.794. The third kappa shape index (κ3) is 5.13. The van der Waals surface area contributed by atoms with Crippen molar-refractivity contribution in [1.29, 1.82) is 5.26 Å². The number of thiophene rings is 1. The van der Waals surface area contributed by atoms with E-state index >= 15 is 0 Å². The molecule has 2 aromatic rings. The van der Waals surface area contributed by atoms with Crippen LogP contribution >= 0.6 is 11.3 Å². The van der Waals surface area contributed by atoms with Crippen LogP contribution in [0.4, 0.5) is 4.79 Å². The molecule has 2 amide bonds. The van der Waals surface area contributed by atoms with Gasteiger partial charge in [0.05, 0.1) is 24.1 Å². The highest BCUT2D eigenvalue weighted by atomic mass is 32.1. The van der Waals surface area contributed by atoms with Crippen LogP contribution in [0.25, 0.3) is 0 Å². The normalized spacial score (nSPS) is 11.3. The number of nitrogens with two attached hydrogens (primary N) is 1. The topological polar surface area (TPSA) is 105 Å². The van der Waals surface area contributed by atoms with Gasteiger partial charge in [0.2, 0.25) is 0 Å². The van der Waals surface area contributed by atoms with E-state index in [1.165, 1.54) is 11.3 Å². The molecule has 3 N–H and O–H groups in total. The van der Waals surface area contributed by atoms with E-state index in [2.05, 4.69) is 5.32 Å². The summed E-state index contributed by atoms with van der Waals surface area (Å²) in [4.78, 5) is 23.9. The van der Waals surface area contributed by atoms with Gasteiger partial charge in [-0.2, -0.15) is 5.26 Å². The standard InChI is InChI=1S/C16H15N3O3S/c17-9-11-3-1-4-12(7-11)10-22-15(20)8-13(19-16(18)21)14-5-2-6-23-14/h1-7,13H,8,10H2,(H3,18,19,21)/t13-/m1/s1. The van der Waals surface area contributed by atoms with Gasteiger partial charge >= 0.3 is 12.0 Å². The molecule has 1 aromatic heterocycles.